The number of nitrogens with zero attached hydrogens (tertiary/aromatic N) is 1. The van der Waals surface area contributed by atoms with Crippen molar-refractivity contribution >= 4 is 5.69 Å². The van der Waals surface area contributed by atoms with Gasteiger partial charge in [-0.15, -0.1) is 0 Å². The van der Waals surface area contributed by atoms with Gasteiger partial charge in [0, 0.05) is 31.6 Å². The largest absolute Gasteiger partial charge is 0.371 e. The molecule has 0 bridgehead atoms. The number of benzene rings is 2. The summed E-state index contributed by atoms with van der Waals surface area (Å²) >= 11 is 0. The van der Waals surface area contributed by atoms with Crippen molar-refractivity contribution in [2.24, 2.45) is 0 Å². The van der Waals surface area contributed by atoms with Crippen LogP contribution in [0.2, 0.25) is 0 Å². The van der Waals surface area contributed by atoms with Crippen molar-refractivity contribution in [1.82, 2.24) is 0 Å². The first-order chi connectivity index (χ1) is 11.3. The summed E-state index contributed by atoms with van der Waals surface area (Å²) in [6.07, 6.45) is 1.89. The van der Waals surface area contributed by atoms with E-state index in [2.05, 4.69) is 60.4 Å². The molecule has 3 heteroatoms. The minimum Gasteiger partial charge on any atom is -0.371 e. The van der Waals surface area contributed by atoms with E-state index in [9.17, 15) is 0 Å². The summed E-state index contributed by atoms with van der Waals surface area (Å²) in [5.74, 6) is -0.304. The van der Waals surface area contributed by atoms with E-state index in [-0.39, 0.29) is 5.79 Å². The molecule has 0 aromatic heterocycles. The van der Waals surface area contributed by atoms with Gasteiger partial charge in [-0.1, -0.05) is 42.5 Å². The van der Waals surface area contributed by atoms with E-state index in [4.69, 9.17) is 9.47 Å². The summed E-state index contributed by atoms with van der Waals surface area (Å²) in [7, 11) is 0. The van der Waals surface area contributed by atoms with Gasteiger partial charge >= 0.3 is 0 Å². The van der Waals surface area contributed by atoms with Crippen LogP contribution in [0.15, 0.2) is 48.5 Å². The van der Waals surface area contributed by atoms with Crippen LogP contribution in [-0.2, 0) is 9.47 Å². The smallest absolute Gasteiger partial charge is 0.171 e. The summed E-state index contributed by atoms with van der Waals surface area (Å²) in [4.78, 5) is 2.47. The zero-order valence-electron chi connectivity index (χ0n) is 13.6. The topological polar surface area (TPSA) is 21.7 Å². The van der Waals surface area contributed by atoms with Crippen molar-refractivity contribution in [3.05, 3.63) is 54.1 Å². The third-order valence-corrected chi connectivity index (χ3v) is 5.07. The Balaban J connectivity index is 1.58. The molecule has 4 rings (SSSR count). The van der Waals surface area contributed by atoms with E-state index in [1.54, 1.807) is 0 Å². The molecule has 2 aliphatic rings. The average molecular weight is 309 g/mol. The minimum atomic E-state index is -0.304. The molecule has 2 aromatic rings. The highest BCUT2D eigenvalue weighted by molar-refractivity contribution is 5.74. The molecule has 0 amide bonds. The molecule has 120 valence electrons. The summed E-state index contributed by atoms with van der Waals surface area (Å²) in [6, 6.07) is 17.2. The van der Waals surface area contributed by atoms with Gasteiger partial charge in [0.05, 0.1) is 13.2 Å². The highest BCUT2D eigenvalue weighted by Crippen LogP contribution is 2.36. The van der Waals surface area contributed by atoms with Gasteiger partial charge in [0.15, 0.2) is 5.79 Å². The monoisotopic (exact) mass is 309 g/mol. The average Bonchev–Trinajstić information content (AvgIpc) is 3.05. The Morgan fingerprint density at radius 2 is 1.57 bits per heavy atom. The second-order valence-electron chi connectivity index (χ2n) is 6.41. The summed E-state index contributed by atoms with van der Waals surface area (Å²) in [6.45, 7) is 5.67. The van der Waals surface area contributed by atoms with Gasteiger partial charge in [-0.3, -0.25) is 0 Å². The van der Waals surface area contributed by atoms with Crippen LogP contribution in [0, 0.1) is 6.92 Å². The number of rotatable bonds is 2. The van der Waals surface area contributed by atoms with Crippen LogP contribution in [0.3, 0.4) is 0 Å². The zero-order valence-corrected chi connectivity index (χ0v) is 13.6. The zero-order chi connectivity index (χ0) is 15.7. The maximum Gasteiger partial charge on any atom is 0.171 e. The van der Waals surface area contributed by atoms with Gasteiger partial charge in [0.2, 0.25) is 0 Å². The van der Waals surface area contributed by atoms with Gasteiger partial charge in [-0.25, -0.2) is 0 Å². The number of piperidine rings is 1. The lowest BCUT2D eigenvalue weighted by molar-refractivity contribution is -0.169. The molecule has 23 heavy (non-hydrogen) atoms. The van der Waals surface area contributed by atoms with E-state index in [1.165, 1.54) is 22.4 Å². The Bertz CT molecular complexity index is 667. The van der Waals surface area contributed by atoms with Crippen molar-refractivity contribution in [2.75, 3.05) is 31.2 Å². The van der Waals surface area contributed by atoms with Gasteiger partial charge in [0.25, 0.3) is 0 Å². The van der Waals surface area contributed by atoms with E-state index in [0.29, 0.717) is 0 Å². The Labute approximate surface area is 137 Å². The fraction of sp³-hybridized carbons (Fsp3) is 0.400. The fourth-order valence-electron chi connectivity index (χ4n) is 3.77. The van der Waals surface area contributed by atoms with Crippen LogP contribution in [0.4, 0.5) is 5.69 Å². The molecule has 2 fully saturated rings. The molecular formula is C20H23NO2. The SMILES string of the molecule is Cc1c(-c2ccccc2)cccc1N1CCC2(CC1)OCCO2. The van der Waals surface area contributed by atoms with Gasteiger partial charge in [-0.2, -0.15) is 0 Å². The van der Waals surface area contributed by atoms with E-state index >= 15 is 0 Å². The third kappa shape index (κ3) is 2.75. The van der Waals surface area contributed by atoms with Crippen molar-refractivity contribution < 1.29 is 9.47 Å². The molecular weight excluding hydrogens is 286 g/mol. The summed E-state index contributed by atoms with van der Waals surface area (Å²) in [5, 5.41) is 0. The van der Waals surface area contributed by atoms with Crippen molar-refractivity contribution in [1.29, 1.82) is 0 Å². The summed E-state index contributed by atoms with van der Waals surface area (Å²) < 4.78 is 11.7. The lowest BCUT2D eigenvalue weighted by atomic mass is 9.97. The van der Waals surface area contributed by atoms with E-state index in [1.807, 2.05) is 0 Å². The van der Waals surface area contributed by atoms with Crippen LogP contribution in [0.5, 0.6) is 0 Å². The second kappa shape index (κ2) is 5.99. The number of anilines is 1. The number of ether oxygens (including phenoxy) is 2. The fourth-order valence-corrected chi connectivity index (χ4v) is 3.77. The molecule has 2 heterocycles. The van der Waals surface area contributed by atoms with Crippen LogP contribution in [0.25, 0.3) is 11.1 Å². The van der Waals surface area contributed by atoms with Crippen LogP contribution < -0.4 is 4.90 Å². The normalized spacial score (nSPS) is 20.1. The molecule has 1 spiro atoms. The first-order valence-electron chi connectivity index (χ1n) is 8.45. The summed E-state index contributed by atoms with van der Waals surface area (Å²) in [5.41, 5.74) is 5.28. The lowest BCUT2D eigenvalue weighted by Crippen LogP contribution is -2.45. The molecule has 3 nitrogen and oxygen atoms in total. The lowest BCUT2D eigenvalue weighted by Gasteiger charge is -2.39. The second-order valence-corrected chi connectivity index (χ2v) is 6.41. The van der Waals surface area contributed by atoms with Crippen LogP contribution >= 0.6 is 0 Å². The number of hydrogen-bond donors (Lipinski definition) is 0. The Morgan fingerprint density at radius 1 is 0.870 bits per heavy atom. The minimum absolute atomic E-state index is 0.304. The maximum atomic E-state index is 5.84. The first-order valence-corrected chi connectivity index (χ1v) is 8.45. The Hall–Kier alpha value is -1.84. The quantitative estimate of drug-likeness (QED) is 0.837. The molecule has 0 saturated carbocycles. The van der Waals surface area contributed by atoms with Crippen molar-refractivity contribution in [2.45, 2.75) is 25.6 Å². The predicted octanol–water partition coefficient (Wildman–Crippen LogP) is 4.01. The molecule has 0 atom stereocenters. The molecule has 0 radical (unpaired) electrons. The van der Waals surface area contributed by atoms with E-state index in [0.717, 1.165) is 39.1 Å². The third-order valence-electron chi connectivity index (χ3n) is 5.07. The highest BCUT2D eigenvalue weighted by Gasteiger charge is 2.40. The molecule has 2 saturated heterocycles. The van der Waals surface area contributed by atoms with Crippen LogP contribution in [-0.4, -0.2) is 32.1 Å². The molecule has 2 aliphatic heterocycles. The van der Waals surface area contributed by atoms with Crippen molar-refractivity contribution in [3.8, 4) is 11.1 Å². The predicted molar refractivity (Wildman–Crippen MR) is 92.7 cm³/mol. The van der Waals surface area contributed by atoms with Gasteiger partial charge < -0.3 is 14.4 Å². The molecule has 0 aliphatic carbocycles. The number of hydrogen-bond acceptors (Lipinski definition) is 3. The molecule has 0 N–H and O–H groups in total. The maximum absolute atomic E-state index is 5.84. The van der Waals surface area contributed by atoms with Crippen molar-refractivity contribution in [3.63, 3.8) is 0 Å². The van der Waals surface area contributed by atoms with Crippen LogP contribution in [0.1, 0.15) is 18.4 Å². The highest BCUT2D eigenvalue weighted by atomic mass is 16.7. The van der Waals surface area contributed by atoms with Gasteiger partial charge in [0.1, 0.15) is 0 Å². The Morgan fingerprint density at radius 3 is 2.26 bits per heavy atom. The Kier molecular flexibility index (Phi) is 3.83. The standard InChI is InChI=1S/C20H23NO2/c1-16-18(17-6-3-2-4-7-17)8-5-9-19(16)21-12-10-20(11-13-21)22-14-15-23-20/h2-9H,10-15H2,1H3. The first kappa shape index (κ1) is 14.7. The van der Waals surface area contributed by atoms with E-state index < -0.39 is 0 Å². The molecule has 0 unspecified atom stereocenters. The molecule has 2 aromatic carbocycles. The van der Waals surface area contributed by atoms with Gasteiger partial charge in [-0.05, 0) is 29.7 Å².